The van der Waals surface area contributed by atoms with E-state index in [2.05, 4.69) is 38.1 Å². The van der Waals surface area contributed by atoms with E-state index in [-0.39, 0.29) is 6.10 Å². The molecule has 0 heterocycles. The van der Waals surface area contributed by atoms with Crippen LogP contribution in [0.4, 0.5) is 0 Å². The van der Waals surface area contributed by atoms with Crippen molar-refractivity contribution in [3.63, 3.8) is 0 Å². The number of benzene rings is 1. The van der Waals surface area contributed by atoms with Crippen LogP contribution in [0.25, 0.3) is 0 Å². The first-order valence-electron chi connectivity index (χ1n) is 9.04. The maximum absolute atomic E-state index is 10.2. The van der Waals surface area contributed by atoms with Gasteiger partial charge in [0.25, 0.3) is 0 Å². The molecule has 0 spiro atoms. The second-order valence-corrected chi connectivity index (χ2v) is 6.23. The zero-order valence-corrected chi connectivity index (χ0v) is 14.1. The Hall–Kier alpha value is -0.820. The van der Waals surface area contributed by atoms with E-state index in [0.717, 1.165) is 24.8 Å². The third-order valence-electron chi connectivity index (χ3n) is 4.33. The van der Waals surface area contributed by atoms with E-state index in [0.29, 0.717) is 0 Å². The van der Waals surface area contributed by atoms with Crippen LogP contribution in [0.15, 0.2) is 24.3 Å². The largest absolute Gasteiger partial charge is 0.388 e. The van der Waals surface area contributed by atoms with Gasteiger partial charge in [-0.3, -0.25) is 0 Å². The standard InChI is InChI=1S/C20H34O/c1-3-5-6-7-8-9-10-11-12-16-20(21)19-15-13-14-18(4-2)17-19/h13-15,17,20-21H,3-12,16H2,1-2H3. The number of hydrogen-bond acceptors (Lipinski definition) is 1. The van der Waals surface area contributed by atoms with E-state index < -0.39 is 0 Å². The van der Waals surface area contributed by atoms with Gasteiger partial charge in [0.15, 0.2) is 0 Å². The molecule has 0 bridgehead atoms. The number of aliphatic hydroxyl groups is 1. The molecule has 1 aromatic rings. The summed E-state index contributed by atoms with van der Waals surface area (Å²) in [5, 5.41) is 10.2. The van der Waals surface area contributed by atoms with Crippen molar-refractivity contribution in [3.05, 3.63) is 35.4 Å². The highest BCUT2D eigenvalue weighted by molar-refractivity contribution is 5.25. The fourth-order valence-electron chi connectivity index (χ4n) is 2.84. The predicted molar refractivity (Wildman–Crippen MR) is 92.6 cm³/mol. The van der Waals surface area contributed by atoms with Crippen molar-refractivity contribution >= 4 is 0 Å². The molecule has 21 heavy (non-hydrogen) atoms. The Morgan fingerprint density at radius 2 is 1.48 bits per heavy atom. The molecule has 1 N–H and O–H groups in total. The van der Waals surface area contributed by atoms with Gasteiger partial charge < -0.3 is 5.11 Å². The van der Waals surface area contributed by atoms with Crippen LogP contribution >= 0.6 is 0 Å². The summed E-state index contributed by atoms with van der Waals surface area (Å²) in [7, 11) is 0. The molecular weight excluding hydrogens is 256 g/mol. The summed E-state index contributed by atoms with van der Waals surface area (Å²) < 4.78 is 0. The second kappa shape index (κ2) is 11.8. The molecule has 0 radical (unpaired) electrons. The molecule has 0 aromatic heterocycles. The molecule has 1 heteroatoms. The van der Waals surface area contributed by atoms with Crippen molar-refractivity contribution in [2.24, 2.45) is 0 Å². The number of unbranched alkanes of at least 4 members (excludes halogenated alkanes) is 8. The number of aryl methyl sites for hydroxylation is 1. The summed E-state index contributed by atoms with van der Waals surface area (Å²) in [6.45, 7) is 4.42. The summed E-state index contributed by atoms with van der Waals surface area (Å²) in [6.07, 6.45) is 13.7. The minimum atomic E-state index is -0.277. The molecule has 0 aliphatic carbocycles. The van der Waals surface area contributed by atoms with Crippen LogP contribution in [-0.2, 0) is 6.42 Å². The van der Waals surface area contributed by atoms with Gasteiger partial charge in [-0.1, -0.05) is 95.9 Å². The van der Waals surface area contributed by atoms with Gasteiger partial charge in [0.1, 0.15) is 0 Å². The Morgan fingerprint density at radius 3 is 2.10 bits per heavy atom. The molecule has 0 aliphatic heterocycles. The maximum Gasteiger partial charge on any atom is 0.0790 e. The maximum atomic E-state index is 10.2. The predicted octanol–water partition coefficient (Wildman–Crippen LogP) is 6.20. The van der Waals surface area contributed by atoms with E-state index in [1.54, 1.807) is 0 Å². The molecule has 0 saturated heterocycles. The topological polar surface area (TPSA) is 20.2 Å². The fraction of sp³-hybridized carbons (Fsp3) is 0.700. The zero-order valence-electron chi connectivity index (χ0n) is 14.1. The van der Waals surface area contributed by atoms with Crippen molar-refractivity contribution < 1.29 is 5.11 Å². The molecule has 120 valence electrons. The monoisotopic (exact) mass is 290 g/mol. The quantitative estimate of drug-likeness (QED) is 0.454. The fourth-order valence-corrected chi connectivity index (χ4v) is 2.84. The Kier molecular flexibility index (Phi) is 10.2. The highest BCUT2D eigenvalue weighted by atomic mass is 16.3. The molecule has 1 unspecified atom stereocenters. The number of rotatable bonds is 12. The highest BCUT2D eigenvalue weighted by Gasteiger charge is 2.07. The first kappa shape index (κ1) is 18.2. The molecule has 1 aromatic carbocycles. The molecule has 1 atom stereocenters. The lowest BCUT2D eigenvalue weighted by atomic mass is 9.99. The van der Waals surface area contributed by atoms with Gasteiger partial charge in [-0.05, 0) is 24.0 Å². The lowest BCUT2D eigenvalue weighted by Crippen LogP contribution is -1.98. The first-order valence-corrected chi connectivity index (χ1v) is 9.04. The third kappa shape index (κ3) is 8.26. The van der Waals surface area contributed by atoms with Crippen LogP contribution in [-0.4, -0.2) is 5.11 Å². The average molecular weight is 290 g/mol. The zero-order chi connectivity index (χ0) is 15.3. The van der Waals surface area contributed by atoms with Gasteiger partial charge in [0, 0.05) is 0 Å². The average Bonchev–Trinajstić information content (AvgIpc) is 2.53. The Morgan fingerprint density at radius 1 is 0.857 bits per heavy atom. The van der Waals surface area contributed by atoms with E-state index in [4.69, 9.17) is 0 Å². The molecule has 1 nitrogen and oxygen atoms in total. The molecule has 0 aliphatic rings. The minimum Gasteiger partial charge on any atom is -0.388 e. The van der Waals surface area contributed by atoms with Crippen molar-refractivity contribution in [2.75, 3.05) is 0 Å². The number of hydrogen-bond donors (Lipinski definition) is 1. The van der Waals surface area contributed by atoms with E-state index in [1.165, 1.54) is 56.9 Å². The Balaban J connectivity index is 2.06. The lowest BCUT2D eigenvalue weighted by molar-refractivity contribution is 0.163. The first-order chi connectivity index (χ1) is 10.3. The van der Waals surface area contributed by atoms with Gasteiger partial charge in [-0.2, -0.15) is 0 Å². The minimum absolute atomic E-state index is 0.277. The SMILES string of the molecule is CCCCCCCCCCCC(O)c1cccc(CC)c1. The molecule has 0 fully saturated rings. The van der Waals surface area contributed by atoms with Crippen LogP contribution in [0.1, 0.15) is 95.3 Å². The highest BCUT2D eigenvalue weighted by Crippen LogP contribution is 2.21. The summed E-state index contributed by atoms with van der Waals surface area (Å²) in [5.41, 5.74) is 2.41. The van der Waals surface area contributed by atoms with Gasteiger partial charge >= 0.3 is 0 Å². The number of aliphatic hydroxyl groups excluding tert-OH is 1. The van der Waals surface area contributed by atoms with Crippen LogP contribution in [0.3, 0.4) is 0 Å². The molecule has 0 saturated carbocycles. The van der Waals surface area contributed by atoms with Crippen LogP contribution in [0.2, 0.25) is 0 Å². The van der Waals surface area contributed by atoms with Gasteiger partial charge in [0.2, 0.25) is 0 Å². The molecular formula is C20H34O. The normalized spacial score (nSPS) is 12.5. The summed E-state index contributed by atoms with van der Waals surface area (Å²) in [4.78, 5) is 0. The molecule has 1 rings (SSSR count). The van der Waals surface area contributed by atoms with Gasteiger partial charge in [0.05, 0.1) is 6.10 Å². The Labute approximate surface area is 131 Å². The summed E-state index contributed by atoms with van der Waals surface area (Å²) >= 11 is 0. The van der Waals surface area contributed by atoms with E-state index in [9.17, 15) is 5.11 Å². The second-order valence-electron chi connectivity index (χ2n) is 6.23. The lowest BCUT2D eigenvalue weighted by Gasteiger charge is -2.12. The molecule has 0 amide bonds. The van der Waals surface area contributed by atoms with Crippen molar-refractivity contribution in [3.8, 4) is 0 Å². The van der Waals surface area contributed by atoms with Crippen LogP contribution in [0, 0.1) is 0 Å². The van der Waals surface area contributed by atoms with Crippen LogP contribution in [0.5, 0.6) is 0 Å². The third-order valence-corrected chi connectivity index (χ3v) is 4.33. The van der Waals surface area contributed by atoms with Gasteiger partial charge in [-0.15, -0.1) is 0 Å². The van der Waals surface area contributed by atoms with Crippen molar-refractivity contribution in [1.82, 2.24) is 0 Å². The summed E-state index contributed by atoms with van der Waals surface area (Å²) in [6, 6.07) is 8.40. The van der Waals surface area contributed by atoms with Gasteiger partial charge in [-0.25, -0.2) is 0 Å². The van der Waals surface area contributed by atoms with E-state index in [1.807, 2.05) is 0 Å². The Bertz CT molecular complexity index is 359. The van der Waals surface area contributed by atoms with Crippen molar-refractivity contribution in [1.29, 1.82) is 0 Å². The smallest absolute Gasteiger partial charge is 0.0790 e. The van der Waals surface area contributed by atoms with Crippen LogP contribution < -0.4 is 0 Å². The summed E-state index contributed by atoms with van der Waals surface area (Å²) in [5.74, 6) is 0. The van der Waals surface area contributed by atoms with E-state index >= 15 is 0 Å². The van der Waals surface area contributed by atoms with Crippen molar-refractivity contribution in [2.45, 2.75) is 90.6 Å².